The maximum absolute atomic E-state index is 12.8. The summed E-state index contributed by atoms with van der Waals surface area (Å²) in [5.74, 6) is -0.598. The predicted molar refractivity (Wildman–Crippen MR) is 67.3 cm³/mol. The van der Waals surface area contributed by atoms with Gasteiger partial charge >= 0.3 is 5.97 Å². The van der Waals surface area contributed by atoms with Gasteiger partial charge in [-0.05, 0) is 35.6 Å². The van der Waals surface area contributed by atoms with Crippen LogP contribution in [-0.2, 0) is 16.0 Å². The fraction of sp³-hybridized carbons (Fsp3) is 0.400. The Bertz CT molecular complexity index is 429. The minimum Gasteiger partial charge on any atom is -0.466 e. The van der Waals surface area contributed by atoms with Crippen LogP contribution in [-0.4, -0.2) is 17.6 Å². The first kappa shape index (κ1) is 14.6. The summed E-state index contributed by atoms with van der Waals surface area (Å²) in [4.78, 5) is 15.1. The lowest BCUT2D eigenvalue weighted by atomic mass is 10.1. The Labute approximate surface area is 116 Å². The molecule has 0 N–H and O–H groups in total. The maximum Gasteiger partial charge on any atom is 0.310 e. The molecule has 0 aliphatic rings. The van der Waals surface area contributed by atoms with Crippen LogP contribution in [0.4, 0.5) is 8.78 Å². The quantitative estimate of drug-likeness (QED) is 0.460. The molecule has 0 saturated carbocycles. The standard InChI is InChI=1S/C10H9ClF2INO2/c1-2-17-8(16)4-5-6(10(12)13)3-7(14)15-9(5)11/h3,10H,2,4H2,1H3. The van der Waals surface area contributed by atoms with Crippen LogP contribution in [0.1, 0.15) is 24.5 Å². The van der Waals surface area contributed by atoms with Crippen LogP contribution in [0.25, 0.3) is 0 Å². The van der Waals surface area contributed by atoms with Crippen molar-refractivity contribution >= 4 is 40.2 Å². The van der Waals surface area contributed by atoms with Gasteiger partial charge in [0.25, 0.3) is 6.43 Å². The molecule has 94 valence electrons. The van der Waals surface area contributed by atoms with Crippen molar-refractivity contribution in [1.82, 2.24) is 4.98 Å². The number of halogens is 4. The average Bonchev–Trinajstić information content (AvgIpc) is 2.21. The molecule has 0 aromatic carbocycles. The lowest BCUT2D eigenvalue weighted by Crippen LogP contribution is -2.11. The number of nitrogens with zero attached hydrogens (tertiary/aromatic N) is 1. The molecule has 1 aromatic heterocycles. The van der Waals surface area contributed by atoms with Crippen molar-refractivity contribution in [2.75, 3.05) is 6.61 Å². The maximum atomic E-state index is 12.8. The van der Waals surface area contributed by atoms with Gasteiger partial charge in [0.1, 0.15) is 8.85 Å². The highest BCUT2D eigenvalue weighted by Crippen LogP contribution is 2.29. The zero-order valence-electron chi connectivity index (χ0n) is 8.84. The van der Waals surface area contributed by atoms with E-state index in [2.05, 4.69) is 4.98 Å². The van der Waals surface area contributed by atoms with E-state index in [1.54, 1.807) is 29.5 Å². The summed E-state index contributed by atoms with van der Waals surface area (Å²) in [6.45, 7) is 1.83. The molecular formula is C10H9ClF2INO2. The van der Waals surface area contributed by atoms with Gasteiger partial charge in [-0.2, -0.15) is 0 Å². The number of carbonyl (C=O) groups excluding carboxylic acids is 1. The second kappa shape index (κ2) is 6.44. The highest BCUT2D eigenvalue weighted by atomic mass is 127. The third-order valence-corrected chi connectivity index (χ3v) is 2.80. The van der Waals surface area contributed by atoms with Gasteiger partial charge in [-0.3, -0.25) is 4.79 Å². The van der Waals surface area contributed by atoms with Crippen LogP contribution in [0.3, 0.4) is 0 Å². The van der Waals surface area contributed by atoms with Crippen molar-refractivity contribution in [2.45, 2.75) is 19.8 Å². The Balaban J connectivity index is 3.08. The summed E-state index contributed by atoms with van der Waals surface area (Å²) in [5.41, 5.74) is -0.247. The summed E-state index contributed by atoms with van der Waals surface area (Å²) in [5, 5.41) is -0.0831. The Kier molecular flexibility index (Phi) is 5.51. The smallest absolute Gasteiger partial charge is 0.310 e. The lowest BCUT2D eigenvalue weighted by Gasteiger charge is -2.10. The normalized spacial score (nSPS) is 10.7. The summed E-state index contributed by atoms with van der Waals surface area (Å²) in [6.07, 6.45) is -3.00. The van der Waals surface area contributed by atoms with E-state index in [0.717, 1.165) is 0 Å². The number of hydrogen-bond donors (Lipinski definition) is 0. The van der Waals surface area contributed by atoms with Crippen molar-refractivity contribution in [3.63, 3.8) is 0 Å². The van der Waals surface area contributed by atoms with E-state index >= 15 is 0 Å². The van der Waals surface area contributed by atoms with E-state index in [1.807, 2.05) is 0 Å². The molecule has 0 saturated heterocycles. The monoisotopic (exact) mass is 375 g/mol. The van der Waals surface area contributed by atoms with E-state index in [0.29, 0.717) is 3.70 Å². The van der Waals surface area contributed by atoms with Crippen molar-refractivity contribution in [2.24, 2.45) is 0 Å². The Hall–Kier alpha value is -0.500. The summed E-state index contributed by atoms with van der Waals surface area (Å²) >= 11 is 7.55. The van der Waals surface area contributed by atoms with E-state index in [9.17, 15) is 13.6 Å². The second-order valence-corrected chi connectivity index (χ2v) is 4.55. The topological polar surface area (TPSA) is 39.2 Å². The van der Waals surface area contributed by atoms with Crippen molar-refractivity contribution in [3.05, 3.63) is 26.0 Å². The molecule has 3 nitrogen and oxygen atoms in total. The van der Waals surface area contributed by atoms with Gasteiger partial charge in [-0.25, -0.2) is 13.8 Å². The minimum atomic E-state index is -2.70. The number of ether oxygens (including phenoxy) is 1. The molecule has 1 heterocycles. The Morgan fingerprint density at radius 1 is 1.65 bits per heavy atom. The first-order valence-electron chi connectivity index (χ1n) is 4.74. The Morgan fingerprint density at radius 2 is 2.29 bits per heavy atom. The van der Waals surface area contributed by atoms with Crippen LogP contribution in [0.5, 0.6) is 0 Å². The van der Waals surface area contributed by atoms with Gasteiger partial charge in [0.05, 0.1) is 13.0 Å². The highest BCUT2D eigenvalue weighted by Gasteiger charge is 2.20. The summed E-state index contributed by atoms with van der Waals surface area (Å²) in [7, 11) is 0. The first-order chi connectivity index (χ1) is 7.95. The zero-order chi connectivity index (χ0) is 13.0. The van der Waals surface area contributed by atoms with Crippen LogP contribution >= 0.6 is 34.2 Å². The van der Waals surface area contributed by atoms with Crippen LogP contribution in [0.2, 0.25) is 5.15 Å². The molecule has 0 radical (unpaired) electrons. The van der Waals surface area contributed by atoms with Gasteiger partial charge < -0.3 is 4.74 Å². The van der Waals surface area contributed by atoms with E-state index in [1.165, 1.54) is 6.07 Å². The SMILES string of the molecule is CCOC(=O)Cc1c(C(F)F)cc(I)nc1Cl. The first-order valence-corrected chi connectivity index (χ1v) is 6.20. The van der Waals surface area contributed by atoms with Crippen LogP contribution in [0.15, 0.2) is 6.07 Å². The Morgan fingerprint density at radius 3 is 2.82 bits per heavy atom. The van der Waals surface area contributed by atoms with Gasteiger partial charge in [-0.15, -0.1) is 0 Å². The number of alkyl halides is 2. The van der Waals surface area contributed by atoms with Crippen LogP contribution < -0.4 is 0 Å². The molecule has 17 heavy (non-hydrogen) atoms. The molecule has 0 spiro atoms. The molecule has 0 unspecified atom stereocenters. The fourth-order valence-electron chi connectivity index (χ4n) is 1.25. The molecule has 1 rings (SSSR count). The van der Waals surface area contributed by atoms with Crippen LogP contribution in [0, 0.1) is 3.70 Å². The molecule has 1 aromatic rings. The average molecular weight is 376 g/mol. The van der Waals surface area contributed by atoms with E-state index in [-0.39, 0.29) is 29.3 Å². The van der Waals surface area contributed by atoms with Gasteiger partial charge in [0, 0.05) is 11.1 Å². The highest BCUT2D eigenvalue weighted by molar-refractivity contribution is 14.1. The van der Waals surface area contributed by atoms with Gasteiger partial charge in [0.15, 0.2) is 0 Å². The molecular weight excluding hydrogens is 366 g/mol. The third-order valence-electron chi connectivity index (χ3n) is 1.94. The molecule has 0 aliphatic heterocycles. The number of rotatable bonds is 4. The number of aromatic nitrogens is 1. The van der Waals surface area contributed by atoms with Crippen molar-refractivity contribution in [1.29, 1.82) is 0 Å². The van der Waals surface area contributed by atoms with Gasteiger partial charge in [-0.1, -0.05) is 11.6 Å². The largest absolute Gasteiger partial charge is 0.466 e. The lowest BCUT2D eigenvalue weighted by molar-refractivity contribution is -0.142. The van der Waals surface area contributed by atoms with Crippen molar-refractivity contribution in [3.8, 4) is 0 Å². The second-order valence-electron chi connectivity index (χ2n) is 3.09. The van der Waals surface area contributed by atoms with Gasteiger partial charge in [0.2, 0.25) is 0 Å². The molecule has 0 bridgehead atoms. The number of carbonyl (C=O) groups is 1. The zero-order valence-corrected chi connectivity index (χ0v) is 11.8. The fourth-order valence-corrected chi connectivity index (χ4v) is 2.24. The molecule has 0 fully saturated rings. The molecule has 0 atom stereocenters. The third kappa shape index (κ3) is 4.02. The number of esters is 1. The number of hydrogen-bond acceptors (Lipinski definition) is 3. The molecule has 7 heteroatoms. The summed E-state index contributed by atoms with van der Waals surface area (Å²) < 4.78 is 30.6. The predicted octanol–water partition coefficient (Wildman–Crippen LogP) is 3.38. The minimum absolute atomic E-state index is 0.0283. The van der Waals surface area contributed by atoms with E-state index < -0.39 is 12.4 Å². The molecule has 0 amide bonds. The molecule has 0 aliphatic carbocycles. The van der Waals surface area contributed by atoms with Crippen molar-refractivity contribution < 1.29 is 18.3 Å². The summed E-state index contributed by atoms with van der Waals surface area (Å²) in [6, 6.07) is 1.21. The van der Waals surface area contributed by atoms with E-state index in [4.69, 9.17) is 16.3 Å². The number of pyridine rings is 1.